The van der Waals surface area contributed by atoms with E-state index < -0.39 is 22.1 Å². The second-order valence-corrected chi connectivity index (χ2v) is 14.2. The predicted octanol–water partition coefficient (Wildman–Crippen LogP) is 5.09. The van der Waals surface area contributed by atoms with E-state index in [9.17, 15) is 18.3 Å². The van der Waals surface area contributed by atoms with Crippen LogP contribution in [0.25, 0.3) is 11.1 Å². The van der Waals surface area contributed by atoms with Crippen molar-refractivity contribution in [1.29, 1.82) is 0 Å². The summed E-state index contributed by atoms with van der Waals surface area (Å²) < 4.78 is 28.4. The van der Waals surface area contributed by atoms with E-state index in [4.69, 9.17) is 5.11 Å². The summed E-state index contributed by atoms with van der Waals surface area (Å²) in [6.07, 6.45) is 3.27. The Balaban J connectivity index is 1.37. The molecule has 8 heteroatoms. The van der Waals surface area contributed by atoms with Gasteiger partial charge in [0.15, 0.2) is 0 Å². The van der Waals surface area contributed by atoms with Gasteiger partial charge in [-0.1, -0.05) is 61.5 Å². The highest BCUT2D eigenvalue weighted by Gasteiger charge is 2.30. The van der Waals surface area contributed by atoms with Gasteiger partial charge in [0.05, 0.1) is 11.0 Å². The zero-order valence-electron chi connectivity index (χ0n) is 25.1. The molecule has 0 bridgehead atoms. The van der Waals surface area contributed by atoms with Gasteiger partial charge in [-0.05, 0) is 97.4 Å². The minimum Gasteiger partial charge on any atom is -0.481 e. The maximum atomic E-state index is 13.6. The molecular formula is C34H44N2O5S. The molecule has 0 saturated heterocycles. The van der Waals surface area contributed by atoms with Gasteiger partial charge in [0.25, 0.3) is 0 Å². The molecule has 0 fully saturated rings. The minimum atomic E-state index is -3.82. The van der Waals surface area contributed by atoms with E-state index in [2.05, 4.69) is 43.4 Å². The van der Waals surface area contributed by atoms with Crippen LogP contribution in [0.15, 0.2) is 71.6 Å². The van der Waals surface area contributed by atoms with Crippen molar-refractivity contribution >= 4 is 16.0 Å². The number of nitrogens with zero attached hydrogens (tertiary/aromatic N) is 1. The summed E-state index contributed by atoms with van der Waals surface area (Å²) in [4.78, 5) is 11.2. The molecule has 1 atom stereocenters. The SMILES string of the molecule is CCc1cc(-c2cccc(CCC(=O)O)c2)ccc1S(=O)(=O)N(C)CC(O)CNC(C)(C)CC1Cc2ccccc2C1. The number of hydrogen-bond acceptors (Lipinski definition) is 5. The number of carbonyl (C=O) groups is 1. The maximum absolute atomic E-state index is 13.6. The Morgan fingerprint density at radius 1 is 1.02 bits per heavy atom. The molecule has 226 valence electrons. The standard InChI is InChI=1S/C34H44N2O5S/c1-5-26-20-30(29-12-8-9-24(17-29)13-16-33(38)39)14-15-32(26)42(40,41)36(4)23-31(37)22-35-34(2,3)21-25-18-27-10-6-7-11-28(27)19-25/h6-12,14-15,17,20,25,31,35,37H,5,13,16,18-19,21-23H2,1-4H3,(H,38,39). The second kappa shape index (κ2) is 13.5. The molecule has 42 heavy (non-hydrogen) atoms. The zero-order chi connectivity index (χ0) is 30.5. The predicted molar refractivity (Wildman–Crippen MR) is 167 cm³/mol. The lowest BCUT2D eigenvalue weighted by atomic mass is 9.88. The van der Waals surface area contributed by atoms with Gasteiger partial charge in [-0.3, -0.25) is 4.79 Å². The molecule has 1 aliphatic rings. The smallest absolute Gasteiger partial charge is 0.303 e. The summed E-state index contributed by atoms with van der Waals surface area (Å²) in [5.41, 5.74) is 6.06. The molecule has 0 heterocycles. The van der Waals surface area contributed by atoms with Crippen LogP contribution in [0, 0.1) is 5.92 Å². The summed E-state index contributed by atoms with van der Waals surface area (Å²) >= 11 is 0. The van der Waals surface area contributed by atoms with Crippen molar-refractivity contribution in [2.75, 3.05) is 20.1 Å². The monoisotopic (exact) mass is 592 g/mol. The van der Waals surface area contributed by atoms with Crippen LogP contribution in [-0.4, -0.2) is 60.7 Å². The number of hydrogen-bond donors (Lipinski definition) is 3. The average Bonchev–Trinajstić information content (AvgIpc) is 3.36. The number of benzene rings is 3. The van der Waals surface area contributed by atoms with Gasteiger partial charge in [0.2, 0.25) is 10.0 Å². The fraction of sp³-hybridized carbons (Fsp3) is 0.441. The van der Waals surface area contributed by atoms with Crippen LogP contribution in [-0.2, 0) is 40.5 Å². The number of rotatable bonds is 14. The number of fused-ring (bicyclic) bond motifs is 1. The number of aliphatic hydroxyl groups is 1. The van der Waals surface area contributed by atoms with E-state index in [-0.39, 0.29) is 23.4 Å². The van der Waals surface area contributed by atoms with Gasteiger partial charge in [0, 0.05) is 32.1 Å². The topological polar surface area (TPSA) is 107 Å². The molecule has 0 aromatic heterocycles. The van der Waals surface area contributed by atoms with Crippen LogP contribution in [0.3, 0.4) is 0 Å². The second-order valence-electron chi connectivity index (χ2n) is 12.2. The van der Waals surface area contributed by atoms with Gasteiger partial charge in [-0.2, -0.15) is 4.31 Å². The zero-order valence-corrected chi connectivity index (χ0v) is 26.0. The highest BCUT2D eigenvalue weighted by molar-refractivity contribution is 7.89. The number of sulfonamides is 1. The maximum Gasteiger partial charge on any atom is 0.303 e. The number of aryl methyl sites for hydroxylation is 2. The Labute approximate surface area is 250 Å². The molecule has 0 radical (unpaired) electrons. The fourth-order valence-corrected chi connectivity index (χ4v) is 7.53. The molecule has 1 unspecified atom stereocenters. The lowest BCUT2D eigenvalue weighted by Crippen LogP contribution is -2.47. The van der Waals surface area contributed by atoms with Gasteiger partial charge >= 0.3 is 5.97 Å². The summed E-state index contributed by atoms with van der Waals surface area (Å²) in [7, 11) is -2.31. The quantitative estimate of drug-likeness (QED) is 0.241. The number of nitrogens with one attached hydrogen (secondary N) is 1. The first-order valence-electron chi connectivity index (χ1n) is 14.8. The Morgan fingerprint density at radius 3 is 2.33 bits per heavy atom. The molecule has 0 saturated carbocycles. The van der Waals surface area contributed by atoms with E-state index in [1.807, 2.05) is 37.3 Å². The fourth-order valence-electron chi connectivity index (χ4n) is 6.05. The highest BCUT2D eigenvalue weighted by atomic mass is 32.2. The van der Waals surface area contributed by atoms with Crippen molar-refractivity contribution < 1.29 is 23.4 Å². The third kappa shape index (κ3) is 8.07. The molecular weight excluding hydrogens is 548 g/mol. The molecule has 0 aliphatic heterocycles. The van der Waals surface area contributed by atoms with Crippen molar-refractivity contribution in [2.45, 2.75) is 75.8 Å². The summed E-state index contributed by atoms with van der Waals surface area (Å²) in [5, 5.41) is 23.3. The Kier molecular flexibility index (Phi) is 10.3. The first-order chi connectivity index (χ1) is 19.9. The first-order valence-corrected chi connectivity index (χ1v) is 16.2. The average molecular weight is 593 g/mol. The van der Waals surface area contributed by atoms with E-state index in [0.29, 0.717) is 30.9 Å². The molecule has 4 rings (SSSR count). The number of β-amino-alcohol motifs (C(OH)–C–C–N with tert-alkyl or cyclic N) is 1. The van der Waals surface area contributed by atoms with Crippen molar-refractivity contribution in [3.63, 3.8) is 0 Å². The van der Waals surface area contributed by atoms with Crippen LogP contribution in [0.1, 0.15) is 55.9 Å². The molecule has 3 aromatic rings. The minimum absolute atomic E-state index is 0.0171. The molecule has 1 aliphatic carbocycles. The summed E-state index contributed by atoms with van der Waals surface area (Å²) in [6.45, 7) is 6.48. The van der Waals surface area contributed by atoms with E-state index >= 15 is 0 Å². The Morgan fingerprint density at radius 2 is 1.69 bits per heavy atom. The van der Waals surface area contributed by atoms with Crippen LogP contribution < -0.4 is 5.32 Å². The summed E-state index contributed by atoms with van der Waals surface area (Å²) in [5.74, 6) is -0.292. The van der Waals surface area contributed by atoms with Crippen LogP contribution in [0.4, 0.5) is 0 Å². The third-order valence-corrected chi connectivity index (χ3v) is 10.2. The molecule has 0 amide bonds. The molecule has 3 N–H and O–H groups in total. The largest absolute Gasteiger partial charge is 0.481 e. The van der Waals surface area contributed by atoms with Crippen LogP contribution >= 0.6 is 0 Å². The molecule has 7 nitrogen and oxygen atoms in total. The Bertz CT molecular complexity index is 1480. The van der Waals surface area contributed by atoms with E-state index in [1.54, 1.807) is 12.1 Å². The number of aliphatic carboxylic acids is 1. The number of aliphatic hydroxyl groups excluding tert-OH is 1. The lowest BCUT2D eigenvalue weighted by molar-refractivity contribution is -0.136. The first kappa shape index (κ1) is 31.9. The summed E-state index contributed by atoms with van der Waals surface area (Å²) in [6, 6.07) is 21.6. The Hall–Kier alpha value is -3.04. The number of carboxylic acids is 1. The highest BCUT2D eigenvalue weighted by Crippen LogP contribution is 2.32. The van der Waals surface area contributed by atoms with Gasteiger partial charge in [-0.15, -0.1) is 0 Å². The third-order valence-electron chi connectivity index (χ3n) is 8.24. The van der Waals surface area contributed by atoms with Crippen LogP contribution in [0.5, 0.6) is 0 Å². The van der Waals surface area contributed by atoms with Crippen molar-refractivity contribution in [3.8, 4) is 11.1 Å². The van der Waals surface area contributed by atoms with Gasteiger partial charge in [-0.25, -0.2) is 8.42 Å². The van der Waals surface area contributed by atoms with Crippen molar-refractivity contribution in [3.05, 3.63) is 89.0 Å². The van der Waals surface area contributed by atoms with Gasteiger partial charge in [0.1, 0.15) is 0 Å². The number of carboxylic acid groups (broad SMARTS) is 1. The van der Waals surface area contributed by atoms with Crippen molar-refractivity contribution in [1.82, 2.24) is 9.62 Å². The molecule has 0 spiro atoms. The molecule has 3 aromatic carbocycles. The van der Waals surface area contributed by atoms with E-state index in [1.165, 1.54) is 22.5 Å². The number of likely N-dealkylation sites (N-methyl/N-ethyl adjacent to an activating group) is 1. The van der Waals surface area contributed by atoms with Gasteiger partial charge < -0.3 is 15.5 Å². The normalized spacial score (nSPS) is 14.7. The lowest BCUT2D eigenvalue weighted by Gasteiger charge is -2.31. The van der Waals surface area contributed by atoms with E-state index in [0.717, 1.165) is 36.0 Å². The van der Waals surface area contributed by atoms with Crippen LogP contribution in [0.2, 0.25) is 0 Å². The van der Waals surface area contributed by atoms with Crippen molar-refractivity contribution in [2.24, 2.45) is 5.92 Å².